The number of rotatable bonds is 7. The van der Waals surface area contributed by atoms with Crippen molar-refractivity contribution in [3.63, 3.8) is 0 Å². The lowest BCUT2D eigenvalue weighted by atomic mass is 10.1. The molecular formula is C8H15IO3. The minimum atomic E-state index is -0.757. The van der Waals surface area contributed by atoms with E-state index in [0.29, 0.717) is 19.6 Å². The van der Waals surface area contributed by atoms with Gasteiger partial charge in [0.25, 0.3) is 0 Å². The monoisotopic (exact) mass is 286 g/mol. The van der Waals surface area contributed by atoms with Crippen molar-refractivity contribution in [1.82, 2.24) is 0 Å². The van der Waals surface area contributed by atoms with Gasteiger partial charge in [-0.05, 0) is 12.8 Å². The fourth-order valence-electron chi connectivity index (χ4n) is 0.746. The van der Waals surface area contributed by atoms with Gasteiger partial charge < -0.3 is 9.84 Å². The van der Waals surface area contributed by atoms with Crippen molar-refractivity contribution in [2.45, 2.75) is 19.8 Å². The second-order valence-corrected chi connectivity index (χ2v) is 3.64. The molecule has 0 rings (SSSR count). The molecule has 1 atom stereocenters. The number of carbonyl (C=O) groups is 1. The molecule has 0 radical (unpaired) electrons. The zero-order valence-electron chi connectivity index (χ0n) is 7.25. The van der Waals surface area contributed by atoms with E-state index in [2.05, 4.69) is 22.6 Å². The van der Waals surface area contributed by atoms with Crippen LogP contribution >= 0.6 is 22.6 Å². The molecule has 0 aliphatic heterocycles. The summed E-state index contributed by atoms with van der Waals surface area (Å²) in [6, 6.07) is 0. The van der Waals surface area contributed by atoms with Crippen LogP contribution < -0.4 is 0 Å². The summed E-state index contributed by atoms with van der Waals surface area (Å²) < 4.78 is 6.26. The van der Waals surface area contributed by atoms with Crippen molar-refractivity contribution < 1.29 is 14.6 Å². The van der Waals surface area contributed by atoms with Crippen LogP contribution in [0.4, 0.5) is 0 Å². The lowest BCUT2D eigenvalue weighted by molar-refractivity contribution is -0.144. The predicted octanol–water partition coefficient (Wildman–Crippen LogP) is 1.94. The van der Waals surface area contributed by atoms with Gasteiger partial charge in [0.15, 0.2) is 0 Å². The average molecular weight is 286 g/mol. The summed E-state index contributed by atoms with van der Waals surface area (Å²) in [5.74, 6) is -1.09. The predicted molar refractivity (Wildman–Crippen MR) is 55.7 cm³/mol. The van der Waals surface area contributed by atoms with E-state index in [4.69, 9.17) is 9.84 Å². The molecule has 12 heavy (non-hydrogen) atoms. The molecule has 0 heterocycles. The van der Waals surface area contributed by atoms with Crippen molar-refractivity contribution in [3.8, 4) is 0 Å². The van der Waals surface area contributed by atoms with Crippen LogP contribution in [0.1, 0.15) is 19.8 Å². The molecule has 3 nitrogen and oxygen atoms in total. The van der Waals surface area contributed by atoms with E-state index >= 15 is 0 Å². The summed E-state index contributed by atoms with van der Waals surface area (Å²) in [6.07, 6.45) is 1.64. The topological polar surface area (TPSA) is 46.5 Å². The molecule has 1 N–H and O–H groups in total. The van der Waals surface area contributed by atoms with E-state index in [1.165, 1.54) is 0 Å². The fraction of sp³-hybridized carbons (Fsp3) is 0.875. The van der Waals surface area contributed by atoms with Crippen molar-refractivity contribution in [2.24, 2.45) is 5.92 Å². The minimum Gasteiger partial charge on any atom is -0.481 e. The van der Waals surface area contributed by atoms with Crippen molar-refractivity contribution in [2.75, 3.05) is 17.6 Å². The zero-order chi connectivity index (χ0) is 9.40. The number of carboxylic acids is 1. The lowest BCUT2D eigenvalue weighted by Gasteiger charge is -2.09. The van der Waals surface area contributed by atoms with E-state index in [1.54, 1.807) is 0 Å². The standard InChI is InChI=1S/C8H15IO3/c1-2-7(8(10)11)6-12-5-3-4-9/h7H,2-6H2,1H3,(H,10,11). The first kappa shape index (κ1) is 12.2. The molecule has 0 aliphatic rings. The Kier molecular flexibility index (Phi) is 7.89. The molecule has 4 heteroatoms. The first-order valence-corrected chi connectivity index (χ1v) is 5.61. The van der Waals surface area contributed by atoms with Gasteiger partial charge in [-0.1, -0.05) is 29.5 Å². The molecule has 0 aromatic heterocycles. The maximum absolute atomic E-state index is 10.5. The molecule has 0 bridgehead atoms. The molecule has 72 valence electrons. The number of hydrogen-bond donors (Lipinski definition) is 1. The Morgan fingerprint density at radius 2 is 2.33 bits per heavy atom. The summed E-state index contributed by atoms with van der Waals surface area (Å²) >= 11 is 2.27. The third-order valence-electron chi connectivity index (χ3n) is 1.58. The Bertz CT molecular complexity index is 127. The third-order valence-corrected chi connectivity index (χ3v) is 2.35. The van der Waals surface area contributed by atoms with Gasteiger partial charge in [0.2, 0.25) is 0 Å². The Morgan fingerprint density at radius 1 is 1.67 bits per heavy atom. The Labute approximate surface area is 86.6 Å². The van der Waals surface area contributed by atoms with Crippen LogP contribution in [0, 0.1) is 5.92 Å². The Morgan fingerprint density at radius 3 is 2.75 bits per heavy atom. The summed E-state index contributed by atoms with van der Waals surface area (Å²) in [6.45, 7) is 2.88. The van der Waals surface area contributed by atoms with Crippen molar-refractivity contribution in [3.05, 3.63) is 0 Å². The van der Waals surface area contributed by atoms with Gasteiger partial charge in [-0.2, -0.15) is 0 Å². The summed E-state index contributed by atoms with van der Waals surface area (Å²) in [5.41, 5.74) is 0. The first-order valence-electron chi connectivity index (χ1n) is 4.08. The SMILES string of the molecule is CCC(COCCCI)C(=O)O. The smallest absolute Gasteiger partial charge is 0.308 e. The van der Waals surface area contributed by atoms with Gasteiger partial charge in [0.1, 0.15) is 0 Å². The summed E-state index contributed by atoms with van der Waals surface area (Å²) in [5, 5.41) is 8.65. The second-order valence-electron chi connectivity index (χ2n) is 2.56. The van der Waals surface area contributed by atoms with Gasteiger partial charge >= 0.3 is 5.97 Å². The number of halogens is 1. The third kappa shape index (κ3) is 5.77. The molecule has 0 aromatic rings. The minimum absolute atomic E-state index is 0.334. The average Bonchev–Trinajstić information content (AvgIpc) is 2.04. The van der Waals surface area contributed by atoms with Gasteiger partial charge in [-0.15, -0.1) is 0 Å². The second kappa shape index (κ2) is 7.79. The highest BCUT2D eigenvalue weighted by Gasteiger charge is 2.14. The Hall–Kier alpha value is 0.160. The van der Waals surface area contributed by atoms with Gasteiger partial charge in [0.05, 0.1) is 12.5 Å². The van der Waals surface area contributed by atoms with Crippen molar-refractivity contribution in [1.29, 1.82) is 0 Å². The number of aliphatic carboxylic acids is 1. The quantitative estimate of drug-likeness (QED) is 0.442. The molecule has 0 spiro atoms. The van der Waals surface area contributed by atoms with Gasteiger partial charge in [0, 0.05) is 11.0 Å². The molecule has 0 saturated heterocycles. The van der Waals surface area contributed by atoms with E-state index in [1.807, 2.05) is 6.92 Å². The molecule has 0 fully saturated rings. The van der Waals surface area contributed by atoms with Crippen LogP contribution in [0.5, 0.6) is 0 Å². The molecular weight excluding hydrogens is 271 g/mol. The van der Waals surface area contributed by atoms with Crippen LogP contribution in [0.15, 0.2) is 0 Å². The molecule has 0 amide bonds. The van der Waals surface area contributed by atoms with E-state index in [0.717, 1.165) is 10.8 Å². The van der Waals surface area contributed by atoms with Crippen LogP contribution in [-0.2, 0) is 9.53 Å². The van der Waals surface area contributed by atoms with Crippen LogP contribution in [0.2, 0.25) is 0 Å². The van der Waals surface area contributed by atoms with E-state index < -0.39 is 5.97 Å². The number of ether oxygens (including phenoxy) is 1. The zero-order valence-corrected chi connectivity index (χ0v) is 9.41. The van der Waals surface area contributed by atoms with Gasteiger partial charge in [-0.25, -0.2) is 0 Å². The normalized spacial score (nSPS) is 12.8. The molecule has 1 unspecified atom stereocenters. The number of carboxylic acid groups (broad SMARTS) is 1. The summed E-state index contributed by atoms with van der Waals surface area (Å²) in [7, 11) is 0. The van der Waals surface area contributed by atoms with Crippen molar-refractivity contribution >= 4 is 28.6 Å². The largest absolute Gasteiger partial charge is 0.481 e. The molecule has 0 saturated carbocycles. The first-order chi connectivity index (χ1) is 5.72. The lowest BCUT2D eigenvalue weighted by Crippen LogP contribution is -2.19. The molecule has 0 aromatic carbocycles. The van der Waals surface area contributed by atoms with E-state index in [-0.39, 0.29) is 5.92 Å². The highest BCUT2D eigenvalue weighted by Crippen LogP contribution is 2.03. The van der Waals surface area contributed by atoms with Crippen LogP contribution in [-0.4, -0.2) is 28.7 Å². The maximum atomic E-state index is 10.5. The van der Waals surface area contributed by atoms with Crippen LogP contribution in [0.25, 0.3) is 0 Å². The number of alkyl halides is 1. The fourth-order valence-corrected chi connectivity index (χ4v) is 1.06. The van der Waals surface area contributed by atoms with Crippen LogP contribution in [0.3, 0.4) is 0 Å². The van der Waals surface area contributed by atoms with E-state index in [9.17, 15) is 4.79 Å². The summed E-state index contributed by atoms with van der Waals surface area (Å²) in [4.78, 5) is 10.5. The highest BCUT2D eigenvalue weighted by molar-refractivity contribution is 14.1. The number of hydrogen-bond acceptors (Lipinski definition) is 2. The molecule has 0 aliphatic carbocycles. The maximum Gasteiger partial charge on any atom is 0.308 e. The van der Waals surface area contributed by atoms with Gasteiger partial charge in [-0.3, -0.25) is 4.79 Å². The Balaban J connectivity index is 3.38. The highest BCUT2D eigenvalue weighted by atomic mass is 127.